The van der Waals surface area contributed by atoms with Crippen LogP contribution in [0, 0.1) is 0 Å². The lowest BCUT2D eigenvalue weighted by molar-refractivity contribution is -0.124. The smallest absolute Gasteiger partial charge is 0.383 e. The van der Waals surface area contributed by atoms with Gasteiger partial charge in [0, 0.05) is 32.8 Å². The molecule has 3 nitrogen and oxygen atoms in total. The van der Waals surface area contributed by atoms with E-state index in [0.717, 1.165) is 19.4 Å². The van der Waals surface area contributed by atoms with Crippen LogP contribution in [0.25, 0.3) is 0 Å². The maximum atomic E-state index is 11.9. The molecule has 1 fully saturated rings. The zero-order valence-corrected chi connectivity index (χ0v) is 9.52. The third-order valence-corrected chi connectivity index (χ3v) is 2.55. The Morgan fingerprint density at radius 1 is 1.31 bits per heavy atom. The van der Waals surface area contributed by atoms with Gasteiger partial charge >= 0.3 is 6.18 Å². The van der Waals surface area contributed by atoms with Crippen LogP contribution in [0.5, 0.6) is 0 Å². The van der Waals surface area contributed by atoms with Crippen molar-refractivity contribution in [1.82, 2.24) is 10.2 Å². The Labute approximate surface area is 93.9 Å². The second-order valence-electron chi connectivity index (χ2n) is 4.05. The molecule has 0 amide bonds. The van der Waals surface area contributed by atoms with Gasteiger partial charge in [-0.1, -0.05) is 0 Å². The zero-order valence-electron chi connectivity index (χ0n) is 9.52. The molecule has 96 valence electrons. The quantitative estimate of drug-likeness (QED) is 0.646. The van der Waals surface area contributed by atoms with E-state index in [1.807, 2.05) is 0 Å². The van der Waals surface area contributed by atoms with Gasteiger partial charge in [-0.2, -0.15) is 13.2 Å². The van der Waals surface area contributed by atoms with Crippen molar-refractivity contribution in [2.75, 3.05) is 39.9 Å². The topological polar surface area (TPSA) is 24.5 Å². The normalized spacial score (nSPS) is 17.1. The molecule has 1 rings (SSSR count). The van der Waals surface area contributed by atoms with Crippen molar-refractivity contribution in [3.8, 4) is 0 Å². The summed E-state index contributed by atoms with van der Waals surface area (Å²) in [6.07, 6.45) is -1.80. The van der Waals surface area contributed by atoms with E-state index in [0.29, 0.717) is 25.7 Å². The molecule has 0 aromatic carbocycles. The lowest BCUT2D eigenvalue weighted by atomic mass is 10.4. The number of hydrogen-bond donors (Lipinski definition) is 1. The SMILES string of the molecule is COCCN(CCNCC(F)(F)F)C1CC1. The average Bonchev–Trinajstić information content (AvgIpc) is 2.98. The van der Waals surface area contributed by atoms with E-state index in [2.05, 4.69) is 10.2 Å². The Morgan fingerprint density at radius 3 is 2.50 bits per heavy atom. The number of nitrogens with zero attached hydrogens (tertiary/aromatic N) is 1. The van der Waals surface area contributed by atoms with Gasteiger partial charge in [0.1, 0.15) is 0 Å². The van der Waals surface area contributed by atoms with Gasteiger partial charge in [-0.05, 0) is 12.8 Å². The molecule has 1 aliphatic rings. The summed E-state index contributed by atoms with van der Waals surface area (Å²) in [5.74, 6) is 0. The zero-order chi connectivity index (χ0) is 12.0. The van der Waals surface area contributed by atoms with Gasteiger partial charge in [-0.3, -0.25) is 4.90 Å². The lowest BCUT2D eigenvalue weighted by Crippen LogP contribution is -2.38. The number of hydrogen-bond acceptors (Lipinski definition) is 3. The van der Waals surface area contributed by atoms with E-state index < -0.39 is 12.7 Å². The molecule has 0 saturated heterocycles. The summed E-state index contributed by atoms with van der Waals surface area (Å²) < 4.78 is 40.5. The largest absolute Gasteiger partial charge is 0.401 e. The first-order valence-corrected chi connectivity index (χ1v) is 5.53. The molecule has 0 aliphatic heterocycles. The molecular formula is C10H19F3N2O. The van der Waals surface area contributed by atoms with E-state index in [-0.39, 0.29) is 0 Å². The molecule has 6 heteroatoms. The van der Waals surface area contributed by atoms with Crippen molar-refractivity contribution >= 4 is 0 Å². The molecule has 0 aromatic rings. The third-order valence-electron chi connectivity index (χ3n) is 2.55. The van der Waals surface area contributed by atoms with Gasteiger partial charge in [0.2, 0.25) is 0 Å². The van der Waals surface area contributed by atoms with Crippen LogP contribution in [0.1, 0.15) is 12.8 Å². The Morgan fingerprint density at radius 2 is 2.00 bits per heavy atom. The molecule has 1 N–H and O–H groups in total. The van der Waals surface area contributed by atoms with Crippen molar-refractivity contribution in [2.24, 2.45) is 0 Å². The summed E-state index contributed by atoms with van der Waals surface area (Å²) in [6.45, 7) is 1.56. The summed E-state index contributed by atoms with van der Waals surface area (Å²) in [7, 11) is 1.63. The number of methoxy groups -OCH3 is 1. The minimum atomic E-state index is -4.11. The fourth-order valence-corrected chi connectivity index (χ4v) is 1.58. The van der Waals surface area contributed by atoms with E-state index in [1.54, 1.807) is 7.11 Å². The van der Waals surface area contributed by atoms with Gasteiger partial charge in [0.15, 0.2) is 0 Å². The fourth-order valence-electron chi connectivity index (χ4n) is 1.58. The second-order valence-corrected chi connectivity index (χ2v) is 4.05. The molecule has 0 heterocycles. The Hall–Kier alpha value is -0.330. The molecule has 0 aromatic heterocycles. The van der Waals surface area contributed by atoms with Crippen molar-refractivity contribution in [2.45, 2.75) is 25.1 Å². The molecule has 1 saturated carbocycles. The summed E-state index contributed by atoms with van der Waals surface area (Å²) in [5, 5.41) is 2.41. The Bertz CT molecular complexity index is 195. The van der Waals surface area contributed by atoms with Crippen LogP contribution in [0.4, 0.5) is 13.2 Å². The van der Waals surface area contributed by atoms with E-state index >= 15 is 0 Å². The third kappa shape index (κ3) is 6.30. The number of alkyl halides is 3. The minimum absolute atomic E-state index is 0.375. The second kappa shape index (κ2) is 6.42. The standard InChI is InChI=1S/C10H19F3N2O/c1-16-7-6-15(9-2-3-9)5-4-14-8-10(11,12)13/h9,14H,2-8H2,1H3. The maximum Gasteiger partial charge on any atom is 0.401 e. The first kappa shape index (κ1) is 13.7. The number of nitrogens with one attached hydrogen (secondary N) is 1. The van der Waals surface area contributed by atoms with Gasteiger partial charge in [0.05, 0.1) is 13.2 Å². The van der Waals surface area contributed by atoms with Crippen LogP contribution in [0.2, 0.25) is 0 Å². The van der Waals surface area contributed by atoms with Crippen LogP contribution in [0.15, 0.2) is 0 Å². The number of rotatable bonds is 8. The minimum Gasteiger partial charge on any atom is -0.383 e. The fraction of sp³-hybridized carbons (Fsp3) is 1.00. The summed E-state index contributed by atoms with van der Waals surface area (Å²) in [4.78, 5) is 2.19. The van der Waals surface area contributed by atoms with Crippen molar-refractivity contribution in [1.29, 1.82) is 0 Å². The van der Waals surface area contributed by atoms with E-state index in [4.69, 9.17) is 4.74 Å². The van der Waals surface area contributed by atoms with E-state index in [1.165, 1.54) is 0 Å². The highest BCUT2D eigenvalue weighted by atomic mass is 19.4. The molecule has 0 spiro atoms. The average molecular weight is 240 g/mol. The lowest BCUT2D eigenvalue weighted by Gasteiger charge is -2.21. The first-order chi connectivity index (χ1) is 7.53. The molecular weight excluding hydrogens is 221 g/mol. The van der Waals surface area contributed by atoms with Crippen molar-refractivity contribution in [3.63, 3.8) is 0 Å². The molecule has 1 aliphatic carbocycles. The van der Waals surface area contributed by atoms with Crippen molar-refractivity contribution in [3.05, 3.63) is 0 Å². The van der Waals surface area contributed by atoms with Gasteiger partial charge in [0.25, 0.3) is 0 Å². The Kier molecular flexibility index (Phi) is 5.51. The predicted molar refractivity (Wildman–Crippen MR) is 55.4 cm³/mol. The van der Waals surface area contributed by atoms with Crippen molar-refractivity contribution < 1.29 is 17.9 Å². The van der Waals surface area contributed by atoms with Gasteiger partial charge in [-0.15, -0.1) is 0 Å². The highest BCUT2D eigenvalue weighted by molar-refractivity contribution is 4.84. The van der Waals surface area contributed by atoms with Crippen LogP contribution in [-0.2, 0) is 4.74 Å². The maximum absolute atomic E-state index is 11.9. The molecule has 0 radical (unpaired) electrons. The molecule has 16 heavy (non-hydrogen) atoms. The predicted octanol–water partition coefficient (Wildman–Crippen LogP) is 1.25. The number of halogens is 3. The van der Waals surface area contributed by atoms with Gasteiger partial charge < -0.3 is 10.1 Å². The summed E-state index contributed by atoms with van der Waals surface area (Å²) in [6, 6.07) is 0.558. The molecule has 0 unspecified atom stereocenters. The van der Waals surface area contributed by atoms with E-state index in [9.17, 15) is 13.2 Å². The Balaban J connectivity index is 2.08. The first-order valence-electron chi connectivity index (χ1n) is 5.53. The van der Waals surface area contributed by atoms with Crippen LogP contribution >= 0.6 is 0 Å². The molecule has 0 bridgehead atoms. The van der Waals surface area contributed by atoms with Crippen LogP contribution < -0.4 is 5.32 Å². The summed E-state index contributed by atoms with van der Waals surface area (Å²) in [5.41, 5.74) is 0. The van der Waals surface area contributed by atoms with Crippen LogP contribution in [-0.4, -0.2) is 57.0 Å². The number of ether oxygens (including phenoxy) is 1. The summed E-state index contributed by atoms with van der Waals surface area (Å²) >= 11 is 0. The highest BCUT2D eigenvalue weighted by Gasteiger charge is 2.29. The highest BCUT2D eigenvalue weighted by Crippen LogP contribution is 2.26. The van der Waals surface area contributed by atoms with Gasteiger partial charge in [-0.25, -0.2) is 0 Å². The monoisotopic (exact) mass is 240 g/mol. The van der Waals surface area contributed by atoms with Crippen LogP contribution in [0.3, 0.4) is 0 Å². The molecule has 0 atom stereocenters.